The summed E-state index contributed by atoms with van der Waals surface area (Å²) in [5.41, 5.74) is 2.12. The van der Waals surface area contributed by atoms with E-state index < -0.39 is 0 Å². The molecule has 1 aliphatic heterocycles. The predicted octanol–water partition coefficient (Wildman–Crippen LogP) is 3.49. The number of nitrogens with one attached hydrogen (secondary N) is 2. The van der Waals surface area contributed by atoms with Crippen LogP contribution in [-0.2, 0) is 11.3 Å². The normalized spacial score (nSPS) is 16.6. The van der Waals surface area contributed by atoms with Crippen LogP contribution >= 0.6 is 35.3 Å². The Bertz CT molecular complexity index is 780. The van der Waals surface area contributed by atoms with Crippen LogP contribution in [0.5, 0.6) is 0 Å². The highest BCUT2D eigenvalue weighted by molar-refractivity contribution is 14.0. The Labute approximate surface area is 187 Å². The summed E-state index contributed by atoms with van der Waals surface area (Å²) < 4.78 is 0. The second-order valence-corrected chi connectivity index (χ2v) is 7.45. The van der Waals surface area contributed by atoms with Gasteiger partial charge in [0.15, 0.2) is 5.96 Å². The fourth-order valence-corrected chi connectivity index (χ4v) is 3.84. The SMILES string of the molecule is CCNC(=NCc1nc(-c2ccccc2)cs1)NC1CCN(C(=O)CC)C1.I. The van der Waals surface area contributed by atoms with Gasteiger partial charge < -0.3 is 15.5 Å². The topological polar surface area (TPSA) is 69.6 Å². The first-order valence-electron chi connectivity index (χ1n) is 9.52. The molecule has 28 heavy (non-hydrogen) atoms. The molecule has 0 radical (unpaired) electrons. The van der Waals surface area contributed by atoms with Crippen LogP contribution in [-0.4, -0.2) is 47.4 Å². The number of aromatic nitrogens is 1. The van der Waals surface area contributed by atoms with Crippen LogP contribution in [0.4, 0.5) is 0 Å². The van der Waals surface area contributed by atoms with Crippen LogP contribution in [0.2, 0.25) is 0 Å². The van der Waals surface area contributed by atoms with Crippen molar-refractivity contribution in [3.05, 3.63) is 40.7 Å². The molecule has 6 nitrogen and oxygen atoms in total. The summed E-state index contributed by atoms with van der Waals surface area (Å²) in [7, 11) is 0. The first kappa shape index (κ1) is 22.6. The number of amides is 1. The first-order chi connectivity index (χ1) is 13.2. The van der Waals surface area contributed by atoms with Gasteiger partial charge in [-0.2, -0.15) is 0 Å². The molecule has 0 saturated carbocycles. The van der Waals surface area contributed by atoms with Crippen LogP contribution in [0.15, 0.2) is 40.7 Å². The van der Waals surface area contributed by atoms with E-state index >= 15 is 0 Å². The second-order valence-electron chi connectivity index (χ2n) is 6.51. The number of rotatable bonds is 6. The summed E-state index contributed by atoms with van der Waals surface area (Å²) >= 11 is 1.63. The molecule has 1 amide bonds. The number of guanidine groups is 1. The van der Waals surface area contributed by atoms with Gasteiger partial charge in [0.05, 0.1) is 12.2 Å². The van der Waals surface area contributed by atoms with E-state index in [1.165, 1.54) is 0 Å². The zero-order valence-electron chi connectivity index (χ0n) is 16.4. The van der Waals surface area contributed by atoms with Crippen LogP contribution in [0.1, 0.15) is 31.7 Å². The van der Waals surface area contributed by atoms with Gasteiger partial charge in [0.1, 0.15) is 5.01 Å². The predicted molar refractivity (Wildman–Crippen MR) is 126 cm³/mol. The number of carbonyl (C=O) groups is 1. The van der Waals surface area contributed by atoms with Crippen molar-refractivity contribution in [1.82, 2.24) is 20.5 Å². The van der Waals surface area contributed by atoms with E-state index in [0.29, 0.717) is 13.0 Å². The standard InChI is InChI=1S/C20H27N5OS.HI/c1-3-19(26)25-11-10-16(13-25)23-20(21-4-2)22-12-18-24-17(14-27-18)15-8-6-5-7-9-15;/h5-9,14,16H,3-4,10-13H2,1-2H3,(H2,21,22,23);1H. The number of halogens is 1. The number of benzene rings is 1. The Morgan fingerprint density at radius 3 is 2.82 bits per heavy atom. The first-order valence-corrected chi connectivity index (χ1v) is 10.4. The number of likely N-dealkylation sites (tertiary alicyclic amines) is 1. The molecule has 3 rings (SSSR count). The minimum atomic E-state index is 0. The van der Waals surface area contributed by atoms with Crippen molar-refractivity contribution in [1.29, 1.82) is 0 Å². The Hall–Kier alpha value is -1.68. The minimum absolute atomic E-state index is 0. The fraction of sp³-hybridized carbons (Fsp3) is 0.450. The molecule has 1 aliphatic rings. The number of thiazole rings is 1. The number of carbonyl (C=O) groups excluding carboxylic acids is 1. The highest BCUT2D eigenvalue weighted by atomic mass is 127. The minimum Gasteiger partial charge on any atom is -0.357 e. The molecule has 0 bridgehead atoms. The summed E-state index contributed by atoms with van der Waals surface area (Å²) in [5.74, 6) is 1.00. The second kappa shape index (κ2) is 11.4. The molecule has 2 aromatic rings. The van der Waals surface area contributed by atoms with E-state index in [2.05, 4.69) is 40.1 Å². The lowest BCUT2D eigenvalue weighted by Crippen LogP contribution is -2.45. The summed E-state index contributed by atoms with van der Waals surface area (Å²) in [4.78, 5) is 23.1. The van der Waals surface area contributed by atoms with Gasteiger partial charge in [-0.25, -0.2) is 9.98 Å². The molecule has 1 atom stereocenters. The molecular formula is C20H28IN5OS. The van der Waals surface area contributed by atoms with Crippen LogP contribution in [0, 0.1) is 0 Å². The molecule has 2 N–H and O–H groups in total. The van der Waals surface area contributed by atoms with Crippen molar-refractivity contribution in [2.45, 2.75) is 39.3 Å². The Morgan fingerprint density at radius 2 is 2.11 bits per heavy atom. The molecule has 0 aliphatic carbocycles. The van der Waals surface area contributed by atoms with Crippen molar-refractivity contribution < 1.29 is 4.79 Å². The van der Waals surface area contributed by atoms with Crippen molar-refractivity contribution in [2.24, 2.45) is 4.99 Å². The quantitative estimate of drug-likeness (QED) is 0.353. The van der Waals surface area contributed by atoms with E-state index in [-0.39, 0.29) is 35.9 Å². The highest BCUT2D eigenvalue weighted by Gasteiger charge is 2.25. The third kappa shape index (κ3) is 6.16. The Morgan fingerprint density at radius 1 is 1.32 bits per heavy atom. The molecule has 1 saturated heterocycles. The molecule has 1 aromatic carbocycles. The smallest absolute Gasteiger partial charge is 0.222 e. The molecule has 1 fully saturated rings. The van der Waals surface area contributed by atoms with E-state index in [0.717, 1.165) is 48.3 Å². The van der Waals surface area contributed by atoms with Gasteiger partial charge in [-0.15, -0.1) is 35.3 Å². The van der Waals surface area contributed by atoms with Gasteiger partial charge in [-0.05, 0) is 13.3 Å². The van der Waals surface area contributed by atoms with Crippen molar-refractivity contribution in [2.75, 3.05) is 19.6 Å². The molecule has 1 aromatic heterocycles. The van der Waals surface area contributed by atoms with E-state index in [1.807, 2.05) is 30.0 Å². The summed E-state index contributed by atoms with van der Waals surface area (Å²) in [6.07, 6.45) is 1.51. The van der Waals surface area contributed by atoms with E-state index in [9.17, 15) is 4.79 Å². The highest BCUT2D eigenvalue weighted by Crippen LogP contribution is 2.21. The summed E-state index contributed by atoms with van der Waals surface area (Å²) in [6, 6.07) is 10.4. The molecule has 0 spiro atoms. The summed E-state index contributed by atoms with van der Waals surface area (Å²) in [5, 5.41) is 9.81. The van der Waals surface area contributed by atoms with Gasteiger partial charge >= 0.3 is 0 Å². The number of hydrogen-bond donors (Lipinski definition) is 2. The van der Waals surface area contributed by atoms with E-state index in [4.69, 9.17) is 4.98 Å². The average molecular weight is 513 g/mol. The van der Waals surface area contributed by atoms with Crippen LogP contribution in [0.3, 0.4) is 0 Å². The molecular weight excluding hydrogens is 485 g/mol. The van der Waals surface area contributed by atoms with Crippen LogP contribution in [0.25, 0.3) is 11.3 Å². The lowest BCUT2D eigenvalue weighted by Gasteiger charge is -2.18. The van der Waals surface area contributed by atoms with Gasteiger partial charge in [-0.3, -0.25) is 4.79 Å². The van der Waals surface area contributed by atoms with E-state index in [1.54, 1.807) is 11.3 Å². The molecule has 2 heterocycles. The maximum absolute atomic E-state index is 11.8. The van der Waals surface area contributed by atoms with Crippen molar-refractivity contribution in [3.63, 3.8) is 0 Å². The third-order valence-corrected chi connectivity index (χ3v) is 5.36. The lowest BCUT2D eigenvalue weighted by molar-refractivity contribution is -0.129. The van der Waals surface area contributed by atoms with Gasteiger partial charge in [0, 0.05) is 43.0 Å². The maximum Gasteiger partial charge on any atom is 0.222 e. The average Bonchev–Trinajstić information content (AvgIpc) is 3.36. The fourth-order valence-electron chi connectivity index (χ4n) is 3.11. The van der Waals surface area contributed by atoms with Crippen molar-refractivity contribution in [3.8, 4) is 11.3 Å². The van der Waals surface area contributed by atoms with Crippen LogP contribution < -0.4 is 10.6 Å². The lowest BCUT2D eigenvalue weighted by atomic mass is 10.2. The number of aliphatic imine (C=N–C) groups is 1. The Balaban J connectivity index is 0.00000280. The largest absolute Gasteiger partial charge is 0.357 e. The van der Waals surface area contributed by atoms with Crippen molar-refractivity contribution >= 4 is 47.2 Å². The van der Waals surface area contributed by atoms with Gasteiger partial charge in [0.25, 0.3) is 0 Å². The molecule has 8 heteroatoms. The molecule has 152 valence electrons. The Kier molecular flexibility index (Phi) is 9.17. The zero-order valence-corrected chi connectivity index (χ0v) is 19.5. The zero-order chi connectivity index (χ0) is 19.1. The molecule has 1 unspecified atom stereocenters. The number of nitrogens with zero attached hydrogens (tertiary/aromatic N) is 3. The van der Waals surface area contributed by atoms with Gasteiger partial charge in [-0.1, -0.05) is 37.3 Å². The monoisotopic (exact) mass is 513 g/mol. The summed E-state index contributed by atoms with van der Waals surface area (Å²) in [6.45, 7) is 6.85. The number of hydrogen-bond acceptors (Lipinski definition) is 4. The third-order valence-electron chi connectivity index (χ3n) is 4.52. The maximum atomic E-state index is 11.8. The van der Waals surface area contributed by atoms with Gasteiger partial charge in [0.2, 0.25) is 5.91 Å².